The first-order valence-corrected chi connectivity index (χ1v) is 7.83. The highest BCUT2D eigenvalue weighted by molar-refractivity contribution is 5.76. The van der Waals surface area contributed by atoms with E-state index in [4.69, 9.17) is 15.0 Å². The van der Waals surface area contributed by atoms with Crippen molar-refractivity contribution >= 4 is 11.9 Å². The predicted octanol–water partition coefficient (Wildman–Crippen LogP) is 1.15. The van der Waals surface area contributed by atoms with E-state index in [0.29, 0.717) is 39.1 Å². The Morgan fingerprint density at radius 1 is 1.17 bits per heavy atom. The Balaban J connectivity index is 2.11. The van der Waals surface area contributed by atoms with Crippen LogP contribution in [0.15, 0.2) is 5.11 Å². The summed E-state index contributed by atoms with van der Waals surface area (Å²) in [5.41, 5.74) is 8.16. The maximum Gasteiger partial charge on any atom is 0.333 e. The van der Waals surface area contributed by atoms with Gasteiger partial charge in [-0.3, -0.25) is 9.69 Å². The van der Waals surface area contributed by atoms with Crippen LogP contribution in [0.4, 0.5) is 0 Å². The molecule has 1 aliphatic heterocycles. The van der Waals surface area contributed by atoms with Crippen LogP contribution in [0.3, 0.4) is 0 Å². The van der Waals surface area contributed by atoms with Crippen LogP contribution in [0.2, 0.25) is 0 Å². The second kappa shape index (κ2) is 11.7. The summed E-state index contributed by atoms with van der Waals surface area (Å²) < 4.78 is 9.74. The van der Waals surface area contributed by atoms with Gasteiger partial charge in [0.1, 0.15) is 13.3 Å². The lowest BCUT2D eigenvalue weighted by atomic mass is 10.1. The fourth-order valence-electron chi connectivity index (χ4n) is 2.29. The third-order valence-corrected chi connectivity index (χ3v) is 3.61. The van der Waals surface area contributed by atoms with Crippen molar-refractivity contribution in [1.29, 1.82) is 0 Å². The highest BCUT2D eigenvalue weighted by Gasteiger charge is 2.21. The highest BCUT2D eigenvalue weighted by atomic mass is 16.6. The fraction of sp³-hybridized carbons (Fsp3) is 0.857. The van der Waals surface area contributed by atoms with Gasteiger partial charge >= 0.3 is 5.97 Å². The normalized spacial score (nSPS) is 15.1. The Morgan fingerprint density at radius 2 is 1.91 bits per heavy atom. The molecule has 0 aromatic heterocycles. The van der Waals surface area contributed by atoms with Gasteiger partial charge in [-0.25, -0.2) is 4.79 Å². The fourth-order valence-corrected chi connectivity index (χ4v) is 2.29. The molecule has 1 amide bonds. The van der Waals surface area contributed by atoms with E-state index in [1.807, 2.05) is 9.80 Å². The van der Waals surface area contributed by atoms with Crippen LogP contribution in [0.1, 0.15) is 25.7 Å². The summed E-state index contributed by atoms with van der Waals surface area (Å²) in [5.74, 6) is -0.225. The average Bonchev–Trinajstić information content (AvgIpc) is 2.56. The van der Waals surface area contributed by atoms with Crippen LogP contribution in [0, 0.1) is 0 Å². The zero-order chi connectivity index (χ0) is 16.9. The number of ether oxygens (including phenoxy) is 2. The minimum Gasteiger partial charge on any atom is -0.448 e. The molecule has 1 aliphatic rings. The van der Waals surface area contributed by atoms with Gasteiger partial charge in [0, 0.05) is 51.2 Å². The average molecular weight is 327 g/mol. The van der Waals surface area contributed by atoms with Crippen molar-refractivity contribution in [2.45, 2.75) is 25.7 Å². The molecule has 9 heteroatoms. The first kappa shape index (κ1) is 19.2. The molecule has 0 aliphatic carbocycles. The van der Waals surface area contributed by atoms with E-state index in [-0.39, 0.29) is 25.2 Å². The predicted molar refractivity (Wildman–Crippen MR) is 83.5 cm³/mol. The SMILES string of the molecule is COCC(=O)OCN1CCN(C(=O)CCCCCN=[N+]=[N-])CC1. The number of nitrogens with zero attached hydrogens (tertiary/aromatic N) is 5. The molecule has 130 valence electrons. The second-order valence-electron chi connectivity index (χ2n) is 5.34. The lowest BCUT2D eigenvalue weighted by Gasteiger charge is -2.34. The molecule has 0 bridgehead atoms. The number of esters is 1. The van der Waals surface area contributed by atoms with E-state index < -0.39 is 0 Å². The number of carbonyl (C=O) groups is 2. The summed E-state index contributed by atoms with van der Waals surface area (Å²) in [7, 11) is 1.45. The maximum atomic E-state index is 12.1. The molecule has 0 spiro atoms. The molecule has 1 heterocycles. The van der Waals surface area contributed by atoms with Crippen LogP contribution in [-0.2, 0) is 19.1 Å². The lowest BCUT2D eigenvalue weighted by Crippen LogP contribution is -2.49. The van der Waals surface area contributed by atoms with E-state index in [2.05, 4.69) is 10.0 Å². The second-order valence-corrected chi connectivity index (χ2v) is 5.34. The summed E-state index contributed by atoms with van der Waals surface area (Å²) >= 11 is 0. The summed E-state index contributed by atoms with van der Waals surface area (Å²) in [5, 5.41) is 3.46. The van der Waals surface area contributed by atoms with Gasteiger partial charge in [0.25, 0.3) is 0 Å². The van der Waals surface area contributed by atoms with Crippen molar-refractivity contribution in [3.63, 3.8) is 0 Å². The molecule has 0 N–H and O–H groups in total. The van der Waals surface area contributed by atoms with Crippen LogP contribution < -0.4 is 0 Å². The van der Waals surface area contributed by atoms with Crippen LogP contribution in [0.5, 0.6) is 0 Å². The molecule has 0 aromatic rings. The van der Waals surface area contributed by atoms with Gasteiger partial charge in [-0.15, -0.1) is 0 Å². The van der Waals surface area contributed by atoms with E-state index in [1.54, 1.807) is 0 Å². The minimum atomic E-state index is -0.383. The number of amides is 1. The topological polar surface area (TPSA) is 108 Å². The first-order chi connectivity index (χ1) is 11.2. The number of hydrogen-bond donors (Lipinski definition) is 0. The quantitative estimate of drug-likeness (QED) is 0.197. The number of methoxy groups -OCH3 is 1. The summed E-state index contributed by atoms with van der Waals surface area (Å²) in [6, 6.07) is 0. The minimum absolute atomic E-state index is 0.0435. The Labute approximate surface area is 136 Å². The van der Waals surface area contributed by atoms with Crippen molar-refractivity contribution in [1.82, 2.24) is 9.80 Å². The zero-order valence-corrected chi connectivity index (χ0v) is 13.6. The van der Waals surface area contributed by atoms with E-state index in [0.717, 1.165) is 19.3 Å². The van der Waals surface area contributed by atoms with Crippen molar-refractivity contribution in [2.75, 3.05) is 53.2 Å². The molecule has 1 rings (SSSR count). The first-order valence-electron chi connectivity index (χ1n) is 7.83. The smallest absolute Gasteiger partial charge is 0.333 e. The molecular weight excluding hydrogens is 302 g/mol. The molecule has 0 atom stereocenters. The number of carbonyl (C=O) groups excluding carboxylic acids is 2. The third kappa shape index (κ3) is 8.39. The largest absolute Gasteiger partial charge is 0.448 e. The van der Waals surface area contributed by atoms with Gasteiger partial charge < -0.3 is 14.4 Å². The van der Waals surface area contributed by atoms with Crippen molar-refractivity contribution in [2.24, 2.45) is 5.11 Å². The molecule has 0 radical (unpaired) electrons. The Kier molecular flexibility index (Phi) is 9.78. The molecule has 0 aromatic carbocycles. The van der Waals surface area contributed by atoms with Crippen LogP contribution in [-0.4, -0.2) is 74.8 Å². The Bertz CT molecular complexity index is 417. The maximum absolute atomic E-state index is 12.1. The van der Waals surface area contributed by atoms with Crippen LogP contribution >= 0.6 is 0 Å². The van der Waals surface area contributed by atoms with Crippen molar-refractivity contribution in [3.8, 4) is 0 Å². The van der Waals surface area contributed by atoms with Gasteiger partial charge in [0.05, 0.1) is 0 Å². The standard InChI is InChI=1S/C14H25N5O4/c1-22-11-14(21)23-12-18-7-9-19(10-8-18)13(20)5-3-2-4-6-16-17-15/h2-12H2,1H3. The number of azide groups is 1. The monoisotopic (exact) mass is 327 g/mol. The van der Waals surface area contributed by atoms with Gasteiger partial charge in [-0.05, 0) is 18.4 Å². The third-order valence-electron chi connectivity index (χ3n) is 3.61. The number of rotatable bonds is 10. The lowest BCUT2D eigenvalue weighted by molar-refractivity contribution is -0.154. The van der Waals surface area contributed by atoms with E-state index in [1.165, 1.54) is 7.11 Å². The molecule has 0 saturated carbocycles. The van der Waals surface area contributed by atoms with Gasteiger partial charge in [-0.1, -0.05) is 11.5 Å². The van der Waals surface area contributed by atoms with E-state index in [9.17, 15) is 9.59 Å². The number of piperazine rings is 1. The van der Waals surface area contributed by atoms with Gasteiger partial charge in [0.15, 0.2) is 0 Å². The Hall–Kier alpha value is -1.83. The molecule has 9 nitrogen and oxygen atoms in total. The van der Waals surface area contributed by atoms with Crippen molar-refractivity contribution < 1.29 is 19.1 Å². The highest BCUT2D eigenvalue weighted by Crippen LogP contribution is 2.08. The molecular formula is C14H25N5O4. The summed E-state index contributed by atoms with van der Waals surface area (Å²) in [6.07, 6.45) is 3.05. The zero-order valence-electron chi connectivity index (χ0n) is 13.6. The van der Waals surface area contributed by atoms with E-state index >= 15 is 0 Å². The molecule has 1 fully saturated rings. The van der Waals surface area contributed by atoms with Crippen LogP contribution in [0.25, 0.3) is 10.4 Å². The molecule has 0 unspecified atom stereocenters. The summed E-state index contributed by atoms with van der Waals surface area (Å²) in [4.78, 5) is 29.8. The van der Waals surface area contributed by atoms with Gasteiger partial charge in [0.2, 0.25) is 5.91 Å². The number of hydrogen-bond acceptors (Lipinski definition) is 6. The van der Waals surface area contributed by atoms with Gasteiger partial charge in [-0.2, -0.15) is 0 Å². The molecule has 23 heavy (non-hydrogen) atoms. The molecule has 1 saturated heterocycles. The van der Waals surface area contributed by atoms with Crippen molar-refractivity contribution in [3.05, 3.63) is 10.4 Å². The summed E-state index contributed by atoms with van der Waals surface area (Å²) in [6.45, 7) is 3.39. The Morgan fingerprint density at radius 3 is 2.57 bits per heavy atom. The number of unbranched alkanes of at least 4 members (excludes halogenated alkanes) is 2.